The minimum absolute atomic E-state index is 0.0198. The van der Waals surface area contributed by atoms with Gasteiger partial charge in [-0.25, -0.2) is 0 Å². The Bertz CT molecular complexity index is 398. The molecule has 0 saturated heterocycles. The molecule has 0 saturated carbocycles. The highest BCUT2D eigenvalue weighted by molar-refractivity contribution is 6.32. The van der Waals surface area contributed by atoms with E-state index in [0.717, 1.165) is 12.8 Å². The first kappa shape index (κ1) is 15.0. The van der Waals surface area contributed by atoms with Crippen molar-refractivity contribution < 1.29 is 14.3 Å². The Morgan fingerprint density at radius 3 is 2.67 bits per heavy atom. The third-order valence-electron chi connectivity index (χ3n) is 2.65. The molecule has 0 aliphatic carbocycles. The maximum atomic E-state index is 12.3. The monoisotopic (exact) mass is 270 g/mol. The van der Waals surface area contributed by atoms with Crippen molar-refractivity contribution in [3.63, 3.8) is 0 Å². The number of Topliss-reactive ketones (excluding diaryl/α,β-unsaturated/α-hetero) is 1. The predicted molar refractivity (Wildman–Crippen MR) is 72.7 cm³/mol. The Labute approximate surface area is 113 Å². The van der Waals surface area contributed by atoms with Crippen molar-refractivity contribution in [2.45, 2.75) is 32.8 Å². The van der Waals surface area contributed by atoms with Crippen LogP contribution in [0.4, 0.5) is 0 Å². The van der Waals surface area contributed by atoms with Crippen LogP contribution in [-0.2, 0) is 4.74 Å². The molecule has 0 aromatic heterocycles. The third-order valence-corrected chi connectivity index (χ3v) is 2.96. The van der Waals surface area contributed by atoms with E-state index < -0.39 is 0 Å². The van der Waals surface area contributed by atoms with Gasteiger partial charge in [0, 0.05) is 12.2 Å². The number of hydrogen-bond acceptors (Lipinski definition) is 3. The van der Waals surface area contributed by atoms with Gasteiger partial charge in [0.2, 0.25) is 0 Å². The minimum atomic E-state index is -0.383. The second-order valence-electron chi connectivity index (χ2n) is 3.95. The molecule has 1 aromatic rings. The number of benzene rings is 1. The first-order chi connectivity index (χ1) is 8.63. The van der Waals surface area contributed by atoms with Gasteiger partial charge in [-0.15, -0.1) is 0 Å². The maximum Gasteiger partial charge on any atom is 0.191 e. The van der Waals surface area contributed by atoms with E-state index in [2.05, 4.69) is 0 Å². The Morgan fingerprint density at radius 1 is 1.39 bits per heavy atom. The second kappa shape index (κ2) is 7.39. The summed E-state index contributed by atoms with van der Waals surface area (Å²) in [6.07, 6.45) is 1.24. The quantitative estimate of drug-likeness (QED) is 0.708. The van der Waals surface area contributed by atoms with E-state index in [1.807, 2.05) is 13.8 Å². The summed E-state index contributed by atoms with van der Waals surface area (Å²) < 4.78 is 10.6. The Balaban J connectivity index is 2.93. The number of methoxy groups -OCH3 is 1. The fraction of sp³-hybridized carbons (Fsp3) is 0.500. The van der Waals surface area contributed by atoms with Crippen molar-refractivity contribution in [3.05, 3.63) is 28.8 Å². The first-order valence-corrected chi connectivity index (χ1v) is 6.51. The number of ether oxygens (including phenoxy) is 2. The van der Waals surface area contributed by atoms with Crippen molar-refractivity contribution in [2.75, 3.05) is 13.7 Å². The molecular weight excluding hydrogens is 252 g/mol. The Hall–Kier alpha value is -1.06. The molecule has 0 N–H and O–H groups in total. The molecule has 100 valence electrons. The van der Waals surface area contributed by atoms with Gasteiger partial charge >= 0.3 is 0 Å². The smallest absolute Gasteiger partial charge is 0.191 e. The van der Waals surface area contributed by atoms with Crippen molar-refractivity contribution in [2.24, 2.45) is 0 Å². The van der Waals surface area contributed by atoms with Crippen LogP contribution in [0.2, 0.25) is 5.02 Å². The van der Waals surface area contributed by atoms with Crippen LogP contribution in [-0.4, -0.2) is 25.6 Å². The molecule has 0 aliphatic heterocycles. The lowest BCUT2D eigenvalue weighted by molar-refractivity contribution is 0.0423. The summed E-state index contributed by atoms with van der Waals surface area (Å²) >= 11 is 5.94. The van der Waals surface area contributed by atoms with Crippen LogP contribution in [0.25, 0.3) is 0 Å². The van der Waals surface area contributed by atoms with Crippen LogP contribution in [0.15, 0.2) is 18.2 Å². The molecular formula is C14H19ClO3. The van der Waals surface area contributed by atoms with E-state index in [1.165, 1.54) is 7.11 Å². The number of hydrogen-bond donors (Lipinski definition) is 0. The topological polar surface area (TPSA) is 35.5 Å². The number of halogens is 1. The SMILES string of the molecule is CCCC(OCC)C(=O)c1ccc(Cl)c(OC)c1. The van der Waals surface area contributed by atoms with E-state index in [0.29, 0.717) is 22.9 Å². The number of carbonyl (C=O) groups excluding carboxylic acids is 1. The van der Waals surface area contributed by atoms with Gasteiger partial charge in [0.1, 0.15) is 11.9 Å². The standard InChI is InChI=1S/C14H19ClO3/c1-4-6-12(18-5-2)14(16)10-7-8-11(15)13(9-10)17-3/h7-9,12H,4-6H2,1-3H3. The molecule has 1 atom stereocenters. The molecule has 4 heteroatoms. The van der Waals surface area contributed by atoms with Gasteiger partial charge in [0.05, 0.1) is 12.1 Å². The average Bonchev–Trinajstić information content (AvgIpc) is 2.38. The average molecular weight is 271 g/mol. The molecule has 18 heavy (non-hydrogen) atoms. The zero-order valence-corrected chi connectivity index (χ0v) is 11.8. The molecule has 3 nitrogen and oxygen atoms in total. The lowest BCUT2D eigenvalue weighted by Crippen LogP contribution is -2.24. The first-order valence-electron chi connectivity index (χ1n) is 6.13. The molecule has 0 radical (unpaired) electrons. The highest BCUT2D eigenvalue weighted by Gasteiger charge is 2.20. The fourth-order valence-corrected chi connectivity index (χ4v) is 1.95. The molecule has 1 rings (SSSR count). The zero-order chi connectivity index (χ0) is 13.5. The van der Waals surface area contributed by atoms with Crippen LogP contribution in [0.3, 0.4) is 0 Å². The van der Waals surface area contributed by atoms with Gasteiger partial charge in [-0.05, 0) is 31.5 Å². The van der Waals surface area contributed by atoms with E-state index in [4.69, 9.17) is 21.1 Å². The summed E-state index contributed by atoms with van der Waals surface area (Å²) in [5.41, 5.74) is 0.572. The van der Waals surface area contributed by atoms with Crippen LogP contribution < -0.4 is 4.74 Å². The molecule has 0 heterocycles. The molecule has 0 bridgehead atoms. The van der Waals surface area contributed by atoms with Crippen molar-refractivity contribution >= 4 is 17.4 Å². The number of ketones is 1. The van der Waals surface area contributed by atoms with Crippen LogP contribution in [0, 0.1) is 0 Å². The molecule has 0 spiro atoms. The summed E-state index contributed by atoms with van der Waals surface area (Å²) in [6, 6.07) is 5.03. The van der Waals surface area contributed by atoms with Gasteiger partial charge in [-0.3, -0.25) is 4.79 Å². The zero-order valence-electron chi connectivity index (χ0n) is 11.0. The summed E-state index contributed by atoms with van der Waals surface area (Å²) in [4.78, 5) is 12.3. The lowest BCUT2D eigenvalue weighted by Gasteiger charge is -2.15. The third kappa shape index (κ3) is 3.72. The fourth-order valence-electron chi connectivity index (χ4n) is 1.75. The van der Waals surface area contributed by atoms with Gasteiger partial charge in [-0.1, -0.05) is 24.9 Å². The van der Waals surface area contributed by atoms with E-state index in [1.54, 1.807) is 18.2 Å². The second-order valence-corrected chi connectivity index (χ2v) is 4.35. The van der Waals surface area contributed by atoms with Crippen LogP contribution in [0.1, 0.15) is 37.0 Å². The Kier molecular flexibility index (Phi) is 6.16. The minimum Gasteiger partial charge on any atom is -0.495 e. The molecule has 1 unspecified atom stereocenters. The molecule has 0 fully saturated rings. The number of rotatable bonds is 7. The van der Waals surface area contributed by atoms with Crippen molar-refractivity contribution in [1.82, 2.24) is 0 Å². The van der Waals surface area contributed by atoms with Gasteiger partial charge < -0.3 is 9.47 Å². The normalized spacial score (nSPS) is 12.2. The molecule has 1 aromatic carbocycles. The number of carbonyl (C=O) groups is 1. The van der Waals surface area contributed by atoms with Crippen LogP contribution >= 0.6 is 11.6 Å². The summed E-state index contributed by atoms with van der Waals surface area (Å²) in [6.45, 7) is 4.45. The predicted octanol–water partition coefficient (Wildman–Crippen LogP) is 3.74. The van der Waals surface area contributed by atoms with Gasteiger partial charge in [0.15, 0.2) is 5.78 Å². The Morgan fingerprint density at radius 2 is 2.11 bits per heavy atom. The van der Waals surface area contributed by atoms with Crippen molar-refractivity contribution in [3.8, 4) is 5.75 Å². The highest BCUT2D eigenvalue weighted by atomic mass is 35.5. The summed E-state index contributed by atoms with van der Waals surface area (Å²) in [5.74, 6) is 0.489. The van der Waals surface area contributed by atoms with Gasteiger partial charge in [0.25, 0.3) is 0 Å². The molecule has 0 aliphatic rings. The maximum absolute atomic E-state index is 12.3. The van der Waals surface area contributed by atoms with E-state index in [-0.39, 0.29) is 11.9 Å². The molecule has 0 amide bonds. The largest absolute Gasteiger partial charge is 0.495 e. The summed E-state index contributed by atoms with van der Waals surface area (Å²) in [5, 5.41) is 0.498. The van der Waals surface area contributed by atoms with Crippen molar-refractivity contribution in [1.29, 1.82) is 0 Å². The summed E-state index contributed by atoms with van der Waals surface area (Å²) in [7, 11) is 1.53. The van der Waals surface area contributed by atoms with Crippen LogP contribution in [0.5, 0.6) is 5.75 Å². The van der Waals surface area contributed by atoms with Gasteiger partial charge in [-0.2, -0.15) is 0 Å². The van der Waals surface area contributed by atoms with E-state index in [9.17, 15) is 4.79 Å². The highest BCUT2D eigenvalue weighted by Crippen LogP contribution is 2.26. The lowest BCUT2D eigenvalue weighted by atomic mass is 10.0. The van der Waals surface area contributed by atoms with E-state index >= 15 is 0 Å².